The summed E-state index contributed by atoms with van der Waals surface area (Å²) in [5.74, 6) is 3.58. The van der Waals surface area contributed by atoms with E-state index >= 15 is 0 Å². The van der Waals surface area contributed by atoms with E-state index in [4.69, 9.17) is 12.2 Å². The Morgan fingerprint density at radius 1 is 1.48 bits per heavy atom. The predicted octanol–water partition coefficient (Wildman–Crippen LogP) is 1.10. The van der Waals surface area contributed by atoms with E-state index in [1.165, 1.54) is 0 Å². The van der Waals surface area contributed by atoms with Gasteiger partial charge in [0, 0.05) is 6.04 Å². The number of nitrogens with one attached hydrogen (secondary N) is 1. The summed E-state index contributed by atoms with van der Waals surface area (Å²) in [6, 6.07) is 0.443. The number of rotatable bonds is 4. The van der Waals surface area contributed by atoms with E-state index in [1.54, 1.807) is 6.33 Å². The smallest absolute Gasteiger partial charge is 0.224 e. The lowest BCUT2D eigenvalue weighted by Crippen LogP contribution is -2.20. The molecule has 0 saturated heterocycles. The molecule has 0 spiro atoms. The van der Waals surface area contributed by atoms with Crippen molar-refractivity contribution in [1.82, 2.24) is 19.5 Å². The Kier molecular flexibility index (Phi) is 3.03. The van der Waals surface area contributed by atoms with Gasteiger partial charge in [0.1, 0.15) is 0 Å². The van der Waals surface area contributed by atoms with Gasteiger partial charge in [0.15, 0.2) is 17.0 Å². The summed E-state index contributed by atoms with van der Waals surface area (Å²) in [5.41, 5.74) is 6.63. The molecule has 0 aromatic carbocycles. The van der Waals surface area contributed by atoms with Crippen LogP contribution in [0.4, 0.5) is 11.8 Å². The summed E-state index contributed by atoms with van der Waals surface area (Å²) >= 11 is 0. The average molecular weight is 310 g/mol. The number of nitrogen functional groups attached to an aromatic ring is 1. The van der Waals surface area contributed by atoms with Crippen molar-refractivity contribution in [2.45, 2.75) is 31.3 Å². The van der Waals surface area contributed by atoms with Gasteiger partial charge in [-0.2, -0.15) is 9.97 Å². The first-order chi connectivity index (χ1) is 11.1. The van der Waals surface area contributed by atoms with Crippen molar-refractivity contribution in [2.75, 3.05) is 17.7 Å². The van der Waals surface area contributed by atoms with Crippen LogP contribution in [0.15, 0.2) is 18.5 Å². The molecule has 1 saturated carbocycles. The van der Waals surface area contributed by atoms with Crippen LogP contribution >= 0.6 is 0 Å². The van der Waals surface area contributed by atoms with Gasteiger partial charge in [-0.05, 0) is 19.3 Å². The Morgan fingerprint density at radius 3 is 2.96 bits per heavy atom. The molecule has 118 valence electrons. The van der Waals surface area contributed by atoms with Crippen LogP contribution < -0.4 is 11.1 Å². The van der Waals surface area contributed by atoms with Crippen LogP contribution in [0.25, 0.3) is 11.2 Å². The number of anilines is 2. The Hall–Kier alpha value is -2.59. The van der Waals surface area contributed by atoms with Gasteiger partial charge in [0.05, 0.1) is 24.4 Å². The molecule has 1 unspecified atom stereocenters. The maximum Gasteiger partial charge on any atom is 0.224 e. The summed E-state index contributed by atoms with van der Waals surface area (Å²) in [6.07, 6.45) is 14.1. The van der Waals surface area contributed by atoms with Crippen molar-refractivity contribution in [1.29, 1.82) is 0 Å². The minimum absolute atomic E-state index is 0.00808. The van der Waals surface area contributed by atoms with Gasteiger partial charge in [-0.3, -0.25) is 0 Å². The lowest BCUT2D eigenvalue weighted by Gasteiger charge is -2.20. The highest BCUT2D eigenvalue weighted by molar-refractivity contribution is 5.84. The van der Waals surface area contributed by atoms with E-state index in [9.17, 15) is 5.11 Å². The quantitative estimate of drug-likeness (QED) is 0.577. The molecule has 23 heavy (non-hydrogen) atoms. The zero-order chi connectivity index (χ0) is 16.0. The van der Waals surface area contributed by atoms with Gasteiger partial charge >= 0.3 is 0 Å². The van der Waals surface area contributed by atoms with Crippen LogP contribution in [0.2, 0.25) is 0 Å². The van der Waals surface area contributed by atoms with Crippen LogP contribution in [0, 0.1) is 17.8 Å². The summed E-state index contributed by atoms with van der Waals surface area (Å²) in [4.78, 5) is 13.1. The van der Waals surface area contributed by atoms with E-state index in [0.29, 0.717) is 29.4 Å². The van der Waals surface area contributed by atoms with Crippen LogP contribution in [-0.2, 0) is 0 Å². The van der Waals surface area contributed by atoms with Gasteiger partial charge in [-0.1, -0.05) is 18.1 Å². The van der Waals surface area contributed by atoms with Gasteiger partial charge in [-0.15, -0.1) is 6.42 Å². The van der Waals surface area contributed by atoms with E-state index in [1.807, 2.05) is 16.7 Å². The molecule has 2 atom stereocenters. The zero-order valence-electron chi connectivity index (χ0n) is 12.6. The maximum atomic E-state index is 9.57. The Labute approximate surface area is 133 Å². The first-order valence-electron chi connectivity index (χ1n) is 7.69. The predicted molar refractivity (Wildman–Crippen MR) is 87.5 cm³/mol. The van der Waals surface area contributed by atoms with Gasteiger partial charge < -0.3 is 20.7 Å². The fourth-order valence-corrected chi connectivity index (χ4v) is 2.96. The van der Waals surface area contributed by atoms with Crippen molar-refractivity contribution >= 4 is 22.9 Å². The number of nitrogens with two attached hydrogens (primary N) is 1. The number of aliphatic hydroxyl groups is 1. The summed E-state index contributed by atoms with van der Waals surface area (Å²) in [6.45, 7) is -0.0747. The Bertz CT molecular complexity index is 831. The molecule has 4 N–H and O–H groups in total. The molecule has 0 radical (unpaired) electrons. The van der Waals surface area contributed by atoms with Crippen LogP contribution in [0.5, 0.6) is 0 Å². The molecule has 2 heterocycles. The van der Waals surface area contributed by atoms with Crippen LogP contribution in [-0.4, -0.2) is 37.3 Å². The van der Waals surface area contributed by atoms with E-state index in [0.717, 1.165) is 12.8 Å². The molecular weight excluding hydrogens is 292 g/mol. The number of allylic oxidation sites excluding steroid dienone is 1. The van der Waals surface area contributed by atoms with Crippen molar-refractivity contribution < 1.29 is 5.11 Å². The summed E-state index contributed by atoms with van der Waals surface area (Å²) < 4.78 is 1.94. The Morgan fingerprint density at radius 2 is 2.30 bits per heavy atom. The largest absolute Gasteiger partial charge is 0.394 e. The van der Waals surface area contributed by atoms with Gasteiger partial charge in [0.25, 0.3) is 0 Å². The molecule has 0 aliphatic heterocycles. The van der Waals surface area contributed by atoms with Crippen LogP contribution in [0.3, 0.4) is 0 Å². The summed E-state index contributed by atoms with van der Waals surface area (Å²) in [7, 11) is 0. The van der Waals surface area contributed by atoms with Crippen molar-refractivity contribution in [3.8, 4) is 12.3 Å². The number of aromatic nitrogens is 4. The molecule has 1 fully saturated rings. The minimum Gasteiger partial charge on any atom is -0.394 e. The number of hydrogen-bond acceptors (Lipinski definition) is 6. The second-order valence-electron chi connectivity index (χ2n) is 6.26. The number of imidazole rings is 1. The number of hydrogen-bond donors (Lipinski definition) is 3. The molecule has 0 amide bonds. The third-order valence-corrected chi connectivity index (χ3v) is 4.49. The molecule has 0 bridgehead atoms. The fourth-order valence-electron chi connectivity index (χ4n) is 2.96. The third kappa shape index (κ3) is 2.32. The number of fused-ring (bicyclic) bond motifs is 1. The van der Waals surface area contributed by atoms with Crippen LogP contribution in [0.1, 0.15) is 25.3 Å². The van der Waals surface area contributed by atoms with E-state index in [-0.39, 0.29) is 18.6 Å². The number of nitrogens with zero attached hydrogens (tertiary/aromatic N) is 4. The zero-order valence-corrected chi connectivity index (χ0v) is 12.6. The highest BCUT2D eigenvalue weighted by atomic mass is 16.3. The molecule has 2 aliphatic rings. The first kappa shape index (κ1) is 14.0. The lowest BCUT2D eigenvalue weighted by atomic mass is 9.89. The maximum absolute atomic E-state index is 9.57. The van der Waals surface area contributed by atoms with E-state index < -0.39 is 5.41 Å². The second-order valence-corrected chi connectivity index (χ2v) is 6.26. The molecule has 2 aliphatic carbocycles. The lowest BCUT2D eigenvalue weighted by molar-refractivity contribution is 0.204. The standard InChI is InChI=1S/C16H18N6O/c1-2-16(8-23)6-5-11(7-16)22-9-18-12-13(19-10-3-4-10)20-15(17)21-14(12)22/h1,5-6,9-11,23H,3-4,7-8H2,(H3,17,19,20,21)/t11-,16?/m0/s1. The highest BCUT2D eigenvalue weighted by Crippen LogP contribution is 2.39. The molecule has 2 aromatic rings. The molecule has 4 rings (SSSR count). The molecular formula is C16H18N6O. The first-order valence-corrected chi connectivity index (χ1v) is 7.69. The van der Waals surface area contributed by atoms with Gasteiger partial charge in [0.2, 0.25) is 5.95 Å². The van der Waals surface area contributed by atoms with Crippen molar-refractivity contribution in [2.24, 2.45) is 5.41 Å². The molecule has 7 nitrogen and oxygen atoms in total. The number of aliphatic hydroxyl groups excluding tert-OH is 1. The third-order valence-electron chi connectivity index (χ3n) is 4.49. The SMILES string of the molecule is C#CC1(CO)C=C[C@H](n2cnc3c(NC4CC4)nc(N)nc32)C1. The van der Waals surface area contributed by atoms with E-state index in [2.05, 4.69) is 26.2 Å². The van der Waals surface area contributed by atoms with Gasteiger partial charge in [-0.25, -0.2) is 4.98 Å². The normalized spacial score (nSPS) is 26.5. The monoisotopic (exact) mass is 310 g/mol. The highest BCUT2D eigenvalue weighted by Gasteiger charge is 2.34. The topological polar surface area (TPSA) is 102 Å². The minimum atomic E-state index is -0.616. The van der Waals surface area contributed by atoms with Crippen molar-refractivity contribution in [3.05, 3.63) is 18.5 Å². The molecule has 7 heteroatoms. The molecule has 2 aromatic heterocycles. The average Bonchev–Trinajstić information content (AvgIpc) is 3.11. The fraction of sp³-hybridized carbons (Fsp3) is 0.438. The van der Waals surface area contributed by atoms with Crippen molar-refractivity contribution in [3.63, 3.8) is 0 Å². The summed E-state index contributed by atoms with van der Waals surface area (Å²) in [5, 5.41) is 12.9. The number of terminal acetylenes is 1. The Balaban J connectivity index is 1.73. The second kappa shape index (κ2) is 4.96.